The Hall–Kier alpha value is -2.39. The van der Waals surface area contributed by atoms with Gasteiger partial charge in [0.15, 0.2) is 0 Å². The van der Waals surface area contributed by atoms with Crippen molar-refractivity contribution >= 4 is 39.3 Å². The van der Waals surface area contributed by atoms with Crippen molar-refractivity contribution < 1.29 is 18.4 Å². The monoisotopic (exact) mass is 449 g/mol. The highest BCUT2D eigenvalue weighted by Gasteiger charge is 2.24. The number of rotatable bonds is 7. The second-order valence-electron chi connectivity index (χ2n) is 7.14. The molecule has 0 spiro atoms. The highest BCUT2D eigenvalue weighted by molar-refractivity contribution is 7.88. The first-order valence-electron chi connectivity index (χ1n) is 9.57. The molecule has 0 atom stereocenters. The molecule has 1 aliphatic heterocycles. The van der Waals surface area contributed by atoms with Crippen LogP contribution in [0.15, 0.2) is 54.6 Å². The molecule has 9 heteroatoms. The maximum Gasteiger partial charge on any atom is 0.267 e. The lowest BCUT2D eigenvalue weighted by molar-refractivity contribution is -0.124. The molecule has 30 heavy (non-hydrogen) atoms. The normalized spacial score (nSPS) is 15.5. The van der Waals surface area contributed by atoms with E-state index in [4.69, 9.17) is 16.8 Å². The first kappa shape index (κ1) is 22.3. The number of para-hydroxylation sites is 1. The van der Waals surface area contributed by atoms with Crippen LogP contribution < -0.4 is 15.1 Å². The standard InChI is InChI=1S/C21H24ClN3O4S/c22-18-6-3-4-16(14-18)15-30(28,29)24-19-10-12-25(13-11-19)20-7-2-1-5-17(20)8-9-21(26)23-27/h1-9,14,19,24,27H,10-13,15H2,(H,23,26)/b9-8+. The van der Waals surface area contributed by atoms with Crippen LogP contribution in [0.4, 0.5) is 5.69 Å². The van der Waals surface area contributed by atoms with E-state index in [2.05, 4.69) is 9.62 Å². The summed E-state index contributed by atoms with van der Waals surface area (Å²) in [5.41, 5.74) is 4.03. The lowest BCUT2D eigenvalue weighted by Crippen LogP contribution is -2.45. The van der Waals surface area contributed by atoms with Crippen molar-refractivity contribution in [3.8, 4) is 0 Å². The van der Waals surface area contributed by atoms with Gasteiger partial charge in [0.05, 0.1) is 5.75 Å². The summed E-state index contributed by atoms with van der Waals surface area (Å²) in [5, 5.41) is 9.15. The summed E-state index contributed by atoms with van der Waals surface area (Å²) in [4.78, 5) is 13.4. The van der Waals surface area contributed by atoms with Gasteiger partial charge in [-0.25, -0.2) is 18.6 Å². The Morgan fingerprint density at radius 3 is 2.60 bits per heavy atom. The summed E-state index contributed by atoms with van der Waals surface area (Å²) in [6.45, 7) is 1.36. The van der Waals surface area contributed by atoms with E-state index in [1.807, 2.05) is 24.3 Å². The number of hydroxylamine groups is 1. The minimum Gasteiger partial charge on any atom is -0.371 e. The molecule has 0 aromatic heterocycles. The van der Waals surface area contributed by atoms with Crippen LogP contribution in [0.3, 0.4) is 0 Å². The van der Waals surface area contributed by atoms with E-state index in [1.54, 1.807) is 35.8 Å². The van der Waals surface area contributed by atoms with Crippen molar-refractivity contribution in [2.45, 2.75) is 24.6 Å². The molecule has 160 valence electrons. The molecule has 0 unspecified atom stereocenters. The lowest BCUT2D eigenvalue weighted by atomic mass is 10.0. The largest absolute Gasteiger partial charge is 0.371 e. The molecule has 0 bridgehead atoms. The maximum atomic E-state index is 12.5. The van der Waals surface area contributed by atoms with Gasteiger partial charge in [-0.05, 0) is 48.2 Å². The lowest BCUT2D eigenvalue weighted by Gasteiger charge is -2.34. The van der Waals surface area contributed by atoms with Gasteiger partial charge in [-0.3, -0.25) is 10.0 Å². The molecule has 2 aromatic rings. The first-order chi connectivity index (χ1) is 14.4. The molecule has 3 N–H and O–H groups in total. The molecule has 2 aromatic carbocycles. The predicted molar refractivity (Wildman–Crippen MR) is 118 cm³/mol. The zero-order valence-electron chi connectivity index (χ0n) is 16.3. The molecular weight excluding hydrogens is 426 g/mol. The molecule has 1 saturated heterocycles. The second kappa shape index (κ2) is 10.1. The minimum atomic E-state index is -3.47. The van der Waals surface area contributed by atoms with Crippen LogP contribution in [0.25, 0.3) is 6.08 Å². The highest BCUT2D eigenvalue weighted by atomic mass is 35.5. The van der Waals surface area contributed by atoms with Gasteiger partial charge in [-0.2, -0.15) is 0 Å². The number of carbonyl (C=O) groups is 1. The van der Waals surface area contributed by atoms with E-state index in [0.29, 0.717) is 36.5 Å². The molecule has 0 aliphatic carbocycles. The van der Waals surface area contributed by atoms with E-state index in [1.165, 1.54) is 6.08 Å². The van der Waals surface area contributed by atoms with Crippen LogP contribution in [0.2, 0.25) is 5.02 Å². The summed E-state index contributed by atoms with van der Waals surface area (Å²) in [7, 11) is -3.47. The molecule has 3 rings (SSSR count). The van der Waals surface area contributed by atoms with E-state index >= 15 is 0 Å². The third kappa shape index (κ3) is 6.30. The van der Waals surface area contributed by atoms with Gasteiger partial charge in [-0.15, -0.1) is 0 Å². The summed E-state index contributed by atoms with van der Waals surface area (Å²) in [6.07, 6.45) is 4.24. The van der Waals surface area contributed by atoms with Crippen molar-refractivity contribution in [3.05, 3.63) is 70.8 Å². The van der Waals surface area contributed by atoms with Crippen molar-refractivity contribution in [2.24, 2.45) is 0 Å². The van der Waals surface area contributed by atoms with Crippen LogP contribution in [0.1, 0.15) is 24.0 Å². The number of hydrogen-bond acceptors (Lipinski definition) is 5. The third-order valence-electron chi connectivity index (χ3n) is 4.89. The Kier molecular flexibility index (Phi) is 7.49. The maximum absolute atomic E-state index is 12.5. The zero-order valence-corrected chi connectivity index (χ0v) is 17.9. The van der Waals surface area contributed by atoms with E-state index in [-0.39, 0.29) is 11.8 Å². The number of carbonyl (C=O) groups excluding carboxylic acids is 1. The number of nitrogens with zero attached hydrogens (tertiary/aromatic N) is 1. The average Bonchev–Trinajstić information content (AvgIpc) is 2.72. The van der Waals surface area contributed by atoms with E-state index in [0.717, 1.165) is 11.3 Å². The van der Waals surface area contributed by atoms with Gasteiger partial charge in [0.2, 0.25) is 10.0 Å². The van der Waals surface area contributed by atoms with E-state index < -0.39 is 15.9 Å². The smallest absolute Gasteiger partial charge is 0.267 e. The number of nitrogens with one attached hydrogen (secondary N) is 2. The van der Waals surface area contributed by atoms with Crippen LogP contribution in [-0.4, -0.2) is 38.7 Å². The fraction of sp³-hybridized carbons (Fsp3) is 0.286. The van der Waals surface area contributed by atoms with E-state index in [9.17, 15) is 13.2 Å². The minimum absolute atomic E-state index is 0.103. The fourth-order valence-corrected chi connectivity index (χ4v) is 5.16. The molecule has 1 fully saturated rings. The van der Waals surface area contributed by atoms with Gasteiger partial charge in [0.1, 0.15) is 0 Å². The SMILES string of the molecule is O=C(/C=C/c1ccccc1N1CCC(NS(=O)(=O)Cc2cccc(Cl)c2)CC1)NO. The van der Waals surface area contributed by atoms with Crippen molar-refractivity contribution in [2.75, 3.05) is 18.0 Å². The number of sulfonamides is 1. The summed E-state index contributed by atoms with van der Waals surface area (Å²) in [6, 6.07) is 14.4. The Balaban J connectivity index is 1.60. The number of hydrogen-bond donors (Lipinski definition) is 3. The Bertz CT molecular complexity index is 1020. The summed E-state index contributed by atoms with van der Waals surface area (Å²) in [5.74, 6) is -0.702. The number of halogens is 1. The zero-order chi connectivity index (χ0) is 21.6. The Labute approximate surface area is 181 Å². The Morgan fingerprint density at radius 2 is 1.90 bits per heavy atom. The quantitative estimate of drug-likeness (QED) is 0.343. The van der Waals surface area contributed by atoms with Gasteiger partial charge < -0.3 is 4.90 Å². The number of benzene rings is 2. The molecule has 1 heterocycles. The van der Waals surface area contributed by atoms with Crippen LogP contribution >= 0.6 is 11.6 Å². The topological polar surface area (TPSA) is 98.7 Å². The molecule has 1 amide bonds. The number of piperidine rings is 1. The van der Waals surface area contributed by atoms with Gasteiger partial charge in [0, 0.05) is 35.9 Å². The summed E-state index contributed by atoms with van der Waals surface area (Å²) >= 11 is 5.94. The molecule has 0 radical (unpaired) electrons. The Morgan fingerprint density at radius 1 is 1.17 bits per heavy atom. The molecule has 7 nitrogen and oxygen atoms in total. The van der Waals surface area contributed by atoms with Crippen LogP contribution in [0.5, 0.6) is 0 Å². The van der Waals surface area contributed by atoms with Crippen molar-refractivity contribution in [3.63, 3.8) is 0 Å². The van der Waals surface area contributed by atoms with Crippen molar-refractivity contribution in [1.29, 1.82) is 0 Å². The first-order valence-corrected chi connectivity index (χ1v) is 11.6. The number of anilines is 1. The average molecular weight is 450 g/mol. The number of amides is 1. The third-order valence-corrected chi connectivity index (χ3v) is 6.53. The van der Waals surface area contributed by atoms with Crippen LogP contribution in [-0.2, 0) is 20.6 Å². The van der Waals surface area contributed by atoms with Crippen molar-refractivity contribution in [1.82, 2.24) is 10.2 Å². The second-order valence-corrected chi connectivity index (χ2v) is 9.33. The van der Waals surface area contributed by atoms with Gasteiger partial charge in [-0.1, -0.05) is 41.9 Å². The van der Waals surface area contributed by atoms with Crippen LogP contribution in [0, 0.1) is 0 Å². The highest BCUT2D eigenvalue weighted by Crippen LogP contribution is 2.25. The molecule has 1 aliphatic rings. The van der Waals surface area contributed by atoms with Gasteiger partial charge >= 0.3 is 0 Å². The van der Waals surface area contributed by atoms with Gasteiger partial charge in [0.25, 0.3) is 5.91 Å². The molecular formula is C21H24ClN3O4S. The fourth-order valence-electron chi connectivity index (χ4n) is 3.50. The molecule has 0 saturated carbocycles. The predicted octanol–water partition coefficient (Wildman–Crippen LogP) is 2.95. The summed E-state index contributed by atoms with van der Waals surface area (Å²) < 4.78 is 27.9.